The van der Waals surface area contributed by atoms with Gasteiger partial charge in [-0.25, -0.2) is 9.78 Å². The lowest BCUT2D eigenvalue weighted by Gasteiger charge is -2.09. The molecule has 0 saturated carbocycles. The lowest BCUT2D eigenvalue weighted by molar-refractivity contribution is 0.0697. The third kappa shape index (κ3) is 2.50. The van der Waals surface area contributed by atoms with Crippen molar-refractivity contribution in [1.82, 2.24) is 15.2 Å². The molecule has 1 heterocycles. The van der Waals surface area contributed by atoms with Crippen LogP contribution >= 0.6 is 0 Å². The van der Waals surface area contributed by atoms with Crippen LogP contribution in [0.4, 0.5) is 0 Å². The Labute approximate surface area is 111 Å². The van der Waals surface area contributed by atoms with Gasteiger partial charge in [0.2, 0.25) is 0 Å². The minimum Gasteiger partial charge on any atom is -0.478 e. The van der Waals surface area contributed by atoms with Gasteiger partial charge in [0.1, 0.15) is 5.82 Å². The molecule has 19 heavy (non-hydrogen) atoms. The molecule has 0 bridgehead atoms. The van der Waals surface area contributed by atoms with Crippen LogP contribution < -0.4 is 0 Å². The van der Waals surface area contributed by atoms with Gasteiger partial charge in [-0.1, -0.05) is 19.1 Å². The Kier molecular flexibility index (Phi) is 3.64. The molecule has 0 aliphatic heterocycles. The number of aromatic carboxylic acids is 1. The predicted octanol–water partition coefficient (Wildman–Crippen LogP) is 2.74. The van der Waals surface area contributed by atoms with E-state index < -0.39 is 5.97 Å². The summed E-state index contributed by atoms with van der Waals surface area (Å²) in [7, 11) is 0. The largest absolute Gasteiger partial charge is 0.478 e. The zero-order chi connectivity index (χ0) is 14.0. The van der Waals surface area contributed by atoms with Crippen LogP contribution in [0.15, 0.2) is 12.1 Å². The lowest BCUT2D eigenvalue weighted by Crippen LogP contribution is -2.05. The van der Waals surface area contributed by atoms with Gasteiger partial charge in [0, 0.05) is 12.0 Å². The molecule has 1 aromatic heterocycles. The Morgan fingerprint density at radius 3 is 2.63 bits per heavy atom. The zero-order valence-electron chi connectivity index (χ0n) is 11.3. The molecule has 0 atom stereocenters. The highest BCUT2D eigenvalue weighted by Gasteiger charge is 2.20. The monoisotopic (exact) mass is 259 g/mol. The maximum absolute atomic E-state index is 11.4. The summed E-state index contributed by atoms with van der Waals surface area (Å²) in [5, 5.41) is 16.4. The summed E-state index contributed by atoms with van der Waals surface area (Å²) in [5.41, 5.74) is 2.47. The van der Waals surface area contributed by atoms with Crippen molar-refractivity contribution in [2.45, 2.75) is 33.6 Å². The summed E-state index contributed by atoms with van der Waals surface area (Å²) >= 11 is 0. The molecule has 0 radical (unpaired) electrons. The Morgan fingerprint density at radius 1 is 1.32 bits per heavy atom. The number of hydrogen-bond acceptors (Lipinski definition) is 3. The first-order chi connectivity index (χ1) is 9.04. The van der Waals surface area contributed by atoms with Crippen LogP contribution in [0.2, 0.25) is 0 Å². The molecule has 0 amide bonds. The van der Waals surface area contributed by atoms with Crippen molar-refractivity contribution in [1.29, 1.82) is 0 Å². The highest BCUT2D eigenvalue weighted by atomic mass is 16.4. The number of carboxylic acid groups (broad SMARTS) is 1. The van der Waals surface area contributed by atoms with E-state index >= 15 is 0 Å². The maximum atomic E-state index is 11.4. The Balaban J connectivity index is 2.59. The van der Waals surface area contributed by atoms with Crippen LogP contribution in [0.25, 0.3) is 11.4 Å². The van der Waals surface area contributed by atoms with Gasteiger partial charge in [-0.3, -0.25) is 5.10 Å². The summed E-state index contributed by atoms with van der Waals surface area (Å²) in [4.78, 5) is 15.8. The number of nitrogens with zero attached hydrogens (tertiary/aromatic N) is 2. The summed E-state index contributed by atoms with van der Waals surface area (Å²) in [6.45, 7) is 5.71. The van der Waals surface area contributed by atoms with Crippen LogP contribution in [0, 0.1) is 13.8 Å². The molecular weight excluding hydrogens is 242 g/mol. The van der Waals surface area contributed by atoms with Crippen molar-refractivity contribution < 1.29 is 9.90 Å². The highest BCUT2D eigenvalue weighted by molar-refractivity contribution is 5.97. The topological polar surface area (TPSA) is 78.9 Å². The quantitative estimate of drug-likeness (QED) is 0.884. The number of aromatic amines is 1. The number of aryl methyl sites for hydroxylation is 3. The van der Waals surface area contributed by atoms with Gasteiger partial charge in [-0.2, -0.15) is 5.10 Å². The third-order valence-corrected chi connectivity index (χ3v) is 3.08. The Bertz CT molecular complexity index is 617. The van der Waals surface area contributed by atoms with Crippen molar-refractivity contribution in [2.75, 3.05) is 0 Å². The third-order valence-electron chi connectivity index (χ3n) is 3.08. The minimum atomic E-state index is -0.946. The van der Waals surface area contributed by atoms with E-state index in [1.165, 1.54) is 0 Å². The van der Waals surface area contributed by atoms with Crippen molar-refractivity contribution in [2.24, 2.45) is 0 Å². The van der Waals surface area contributed by atoms with Crippen LogP contribution in [0.5, 0.6) is 0 Å². The summed E-state index contributed by atoms with van der Waals surface area (Å²) in [6.07, 6.45) is 1.77. The van der Waals surface area contributed by atoms with E-state index in [2.05, 4.69) is 22.1 Å². The second-order valence-electron chi connectivity index (χ2n) is 4.61. The molecule has 5 heteroatoms. The van der Waals surface area contributed by atoms with Gasteiger partial charge in [-0.15, -0.1) is 0 Å². The summed E-state index contributed by atoms with van der Waals surface area (Å²) in [6, 6.07) is 3.70. The molecular formula is C14H17N3O2. The van der Waals surface area contributed by atoms with Crippen LogP contribution in [0.1, 0.15) is 40.7 Å². The number of carbonyl (C=O) groups is 1. The van der Waals surface area contributed by atoms with Gasteiger partial charge >= 0.3 is 5.97 Å². The van der Waals surface area contributed by atoms with E-state index in [-0.39, 0.29) is 5.56 Å². The standard InChI is InChI=1S/C14H17N3O2/c1-4-5-10-15-13(17-16-10)11-8(2)6-7-9(3)12(11)14(18)19/h6-7H,4-5H2,1-3H3,(H,18,19)(H,15,16,17). The first-order valence-electron chi connectivity index (χ1n) is 6.29. The average molecular weight is 259 g/mol. The van der Waals surface area contributed by atoms with E-state index in [4.69, 9.17) is 0 Å². The van der Waals surface area contributed by atoms with Gasteiger partial charge in [0.15, 0.2) is 5.82 Å². The zero-order valence-corrected chi connectivity index (χ0v) is 11.3. The average Bonchev–Trinajstić information content (AvgIpc) is 2.80. The Morgan fingerprint density at radius 2 is 2.00 bits per heavy atom. The van der Waals surface area contributed by atoms with Crippen LogP contribution in [-0.2, 0) is 6.42 Å². The van der Waals surface area contributed by atoms with Gasteiger partial charge in [0.05, 0.1) is 5.56 Å². The number of H-pyrrole nitrogens is 1. The van der Waals surface area contributed by atoms with Crippen LogP contribution in [-0.4, -0.2) is 26.3 Å². The number of nitrogens with one attached hydrogen (secondary N) is 1. The number of hydrogen-bond donors (Lipinski definition) is 2. The highest BCUT2D eigenvalue weighted by Crippen LogP contribution is 2.27. The number of benzene rings is 1. The number of aromatic nitrogens is 3. The second kappa shape index (κ2) is 5.22. The van der Waals surface area contributed by atoms with Crippen molar-refractivity contribution in [3.05, 3.63) is 34.6 Å². The molecule has 2 rings (SSSR count). The minimum absolute atomic E-state index is 0.280. The van der Waals surface area contributed by atoms with Crippen LogP contribution in [0.3, 0.4) is 0 Å². The van der Waals surface area contributed by atoms with Crippen molar-refractivity contribution in [3.63, 3.8) is 0 Å². The molecule has 2 N–H and O–H groups in total. The maximum Gasteiger partial charge on any atom is 0.336 e. The lowest BCUT2D eigenvalue weighted by atomic mass is 9.97. The molecule has 1 aromatic carbocycles. The van der Waals surface area contributed by atoms with Gasteiger partial charge in [0.25, 0.3) is 0 Å². The van der Waals surface area contributed by atoms with Gasteiger partial charge < -0.3 is 5.11 Å². The van der Waals surface area contributed by atoms with E-state index in [9.17, 15) is 9.90 Å². The fraction of sp³-hybridized carbons (Fsp3) is 0.357. The molecule has 0 aliphatic rings. The number of carboxylic acids is 1. The molecule has 0 unspecified atom stereocenters. The molecule has 100 valence electrons. The SMILES string of the molecule is CCCc1nc(-c2c(C)ccc(C)c2C(=O)O)n[nH]1. The fourth-order valence-electron chi connectivity index (χ4n) is 2.13. The van der Waals surface area contributed by atoms with Crippen molar-refractivity contribution in [3.8, 4) is 11.4 Å². The molecule has 2 aromatic rings. The fourth-order valence-corrected chi connectivity index (χ4v) is 2.13. The normalized spacial score (nSPS) is 10.7. The molecule has 0 saturated heterocycles. The number of rotatable bonds is 4. The summed E-state index contributed by atoms with van der Waals surface area (Å²) in [5.74, 6) is 0.301. The van der Waals surface area contributed by atoms with Crippen molar-refractivity contribution >= 4 is 5.97 Å². The smallest absolute Gasteiger partial charge is 0.336 e. The predicted molar refractivity (Wildman–Crippen MR) is 72.2 cm³/mol. The molecule has 5 nitrogen and oxygen atoms in total. The van der Waals surface area contributed by atoms with E-state index in [0.717, 1.165) is 29.8 Å². The summed E-state index contributed by atoms with van der Waals surface area (Å²) < 4.78 is 0. The Hall–Kier alpha value is -2.17. The van der Waals surface area contributed by atoms with E-state index in [1.54, 1.807) is 6.92 Å². The second-order valence-corrected chi connectivity index (χ2v) is 4.61. The van der Waals surface area contributed by atoms with E-state index in [1.807, 2.05) is 19.1 Å². The molecule has 0 spiro atoms. The first-order valence-corrected chi connectivity index (χ1v) is 6.29. The first kappa shape index (κ1) is 13.3. The van der Waals surface area contributed by atoms with E-state index in [0.29, 0.717) is 11.4 Å². The molecule has 0 fully saturated rings. The van der Waals surface area contributed by atoms with Gasteiger partial charge in [-0.05, 0) is 31.4 Å². The molecule has 0 aliphatic carbocycles.